The molecule has 0 aliphatic heterocycles. The smallest absolute Gasteiger partial charge is 0.340 e. The fraction of sp³-hybridized carbons (Fsp3) is 0.0476. The van der Waals surface area contributed by atoms with Gasteiger partial charge in [-0.3, -0.25) is 4.72 Å². The molecule has 0 atom stereocenters. The number of nitrogens with one attached hydrogen (secondary N) is 1. The fourth-order valence-electron chi connectivity index (χ4n) is 3.25. The van der Waals surface area contributed by atoms with Crippen LogP contribution in [0.1, 0.15) is 5.56 Å². The summed E-state index contributed by atoms with van der Waals surface area (Å²) in [4.78, 5) is 11.5. The molecule has 3 N–H and O–H groups in total. The monoisotopic (exact) mass is 492 g/mol. The summed E-state index contributed by atoms with van der Waals surface area (Å²) in [6.45, 7) is 0. The Labute approximate surface area is 192 Å². The molecule has 0 radical (unpaired) electrons. The van der Waals surface area contributed by atoms with Gasteiger partial charge in [-0.15, -0.1) is 0 Å². The molecule has 1 heterocycles. The van der Waals surface area contributed by atoms with Gasteiger partial charge >= 0.3 is 6.03 Å². The lowest BCUT2D eigenvalue weighted by Crippen LogP contribution is -2.21. The summed E-state index contributed by atoms with van der Waals surface area (Å²) in [6, 6.07) is 13.0. The van der Waals surface area contributed by atoms with E-state index in [1.165, 1.54) is 30.5 Å². The van der Waals surface area contributed by atoms with E-state index in [2.05, 4.69) is 9.82 Å². The van der Waals surface area contributed by atoms with E-state index < -0.39 is 21.9 Å². The molecule has 164 valence electrons. The lowest BCUT2D eigenvalue weighted by Gasteiger charge is -2.10. The number of sulfonamides is 1. The van der Waals surface area contributed by atoms with Gasteiger partial charge in [0.05, 0.1) is 22.0 Å². The van der Waals surface area contributed by atoms with Gasteiger partial charge in [-0.05, 0) is 35.4 Å². The van der Waals surface area contributed by atoms with Gasteiger partial charge in [-0.25, -0.2) is 17.6 Å². The molecule has 0 aliphatic carbocycles. The van der Waals surface area contributed by atoms with Crippen molar-refractivity contribution in [2.45, 2.75) is 5.75 Å². The van der Waals surface area contributed by atoms with Gasteiger partial charge < -0.3 is 5.73 Å². The molecule has 1 aromatic heterocycles. The minimum Gasteiger partial charge on any atom is -0.350 e. The molecule has 0 spiro atoms. The number of nitrogens with two attached hydrogens (primary N) is 1. The molecule has 0 saturated heterocycles. The van der Waals surface area contributed by atoms with Crippen LogP contribution in [-0.2, 0) is 15.8 Å². The molecule has 0 bridgehead atoms. The Morgan fingerprint density at radius 2 is 1.78 bits per heavy atom. The van der Waals surface area contributed by atoms with Crippen LogP contribution in [0.3, 0.4) is 0 Å². The quantitative estimate of drug-likeness (QED) is 0.407. The Hall–Kier alpha value is -3.14. The number of nitrogens with zero attached hydrogens (tertiary/aromatic N) is 2. The van der Waals surface area contributed by atoms with Crippen molar-refractivity contribution < 1.29 is 17.6 Å². The van der Waals surface area contributed by atoms with Gasteiger partial charge in [0.15, 0.2) is 5.82 Å². The van der Waals surface area contributed by atoms with Crippen molar-refractivity contribution in [2.75, 3.05) is 4.72 Å². The van der Waals surface area contributed by atoms with Gasteiger partial charge in [0.25, 0.3) is 0 Å². The Kier molecular flexibility index (Phi) is 5.81. The van der Waals surface area contributed by atoms with Crippen molar-refractivity contribution >= 4 is 55.8 Å². The number of carbonyl (C=O) groups excluding carboxylic acids is 1. The first kappa shape index (κ1) is 22.1. The summed E-state index contributed by atoms with van der Waals surface area (Å²) in [7, 11) is -3.73. The van der Waals surface area contributed by atoms with Crippen LogP contribution in [0.4, 0.5) is 14.9 Å². The van der Waals surface area contributed by atoms with Crippen LogP contribution in [0, 0.1) is 5.82 Å². The Morgan fingerprint density at radius 3 is 2.44 bits per heavy atom. The number of amides is 1. The Balaban J connectivity index is 1.58. The second-order valence-electron chi connectivity index (χ2n) is 6.95. The zero-order valence-corrected chi connectivity index (χ0v) is 18.5. The second kappa shape index (κ2) is 8.42. The predicted octanol–water partition coefficient (Wildman–Crippen LogP) is 5.02. The zero-order chi connectivity index (χ0) is 23.0. The molecule has 32 heavy (non-hydrogen) atoms. The molecule has 0 saturated carbocycles. The van der Waals surface area contributed by atoms with E-state index in [0.717, 1.165) is 4.68 Å². The molecule has 0 unspecified atom stereocenters. The summed E-state index contributed by atoms with van der Waals surface area (Å²) < 4.78 is 43.3. The number of hydrogen-bond acceptors (Lipinski definition) is 4. The second-order valence-corrected chi connectivity index (χ2v) is 9.48. The minimum atomic E-state index is -3.73. The Morgan fingerprint density at radius 1 is 1.06 bits per heavy atom. The van der Waals surface area contributed by atoms with Crippen LogP contribution in [0.2, 0.25) is 10.0 Å². The topological polar surface area (TPSA) is 107 Å². The number of hydrogen-bond donors (Lipinski definition) is 2. The molecule has 1 amide bonds. The maximum atomic E-state index is 15.1. The third-order valence-electron chi connectivity index (χ3n) is 4.69. The number of aromatic nitrogens is 2. The molecule has 7 nitrogen and oxygen atoms in total. The van der Waals surface area contributed by atoms with Crippen LogP contribution in [-0.4, -0.2) is 24.2 Å². The van der Waals surface area contributed by atoms with Gasteiger partial charge in [-0.1, -0.05) is 53.5 Å². The number of primary amides is 1. The summed E-state index contributed by atoms with van der Waals surface area (Å²) >= 11 is 11.8. The maximum Gasteiger partial charge on any atom is 0.340 e. The van der Waals surface area contributed by atoms with E-state index in [1.54, 1.807) is 30.3 Å². The summed E-state index contributed by atoms with van der Waals surface area (Å²) in [5.41, 5.74) is 6.69. The van der Waals surface area contributed by atoms with Gasteiger partial charge in [-0.2, -0.15) is 9.78 Å². The highest BCUT2D eigenvalue weighted by atomic mass is 35.5. The van der Waals surface area contributed by atoms with Crippen LogP contribution >= 0.6 is 23.2 Å². The molecular formula is C21H15Cl2FN4O3S. The number of halogens is 3. The standard InChI is InChI=1S/C21H15Cl2FN4O3S/c22-17-8-1-12(9-18(17)23)11-32(30,31)27-15-5-2-13(3-6-15)16-7-4-14-10-26-28(21(25)29)20(14)19(16)24/h1-10,27H,11H2,(H2,25,29). The van der Waals surface area contributed by atoms with E-state index in [1.807, 2.05) is 0 Å². The first-order valence-electron chi connectivity index (χ1n) is 9.15. The number of benzene rings is 3. The highest BCUT2D eigenvalue weighted by Crippen LogP contribution is 2.30. The number of fused-ring (bicyclic) bond motifs is 1. The SMILES string of the molecule is NC(=O)n1ncc2ccc(-c3ccc(NS(=O)(=O)Cc4ccc(Cl)c(Cl)c4)cc3)c(F)c21. The van der Waals surface area contributed by atoms with E-state index in [4.69, 9.17) is 28.9 Å². The highest BCUT2D eigenvalue weighted by Gasteiger charge is 2.17. The van der Waals surface area contributed by atoms with Crippen molar-refractivity contribution in [2.24, 2.45) is 5.73 Å². The molecule has 3 aromatic carbocycles. The lowest BCUT2D eigenvalue weighted by molar-refractivity contribution is 0.248. The van der Waals surface area contributed by atoms with Gasteiger partial charge in [0.1, 0.15) is 5.52 Å². The molecule has 4 aromatic rings. The highest BCUT2D eigenvalue weighted by molar-refractivity contribution is 7.91. The van der Waals surface area contributed by atoms with Crippen molar-refractivity contribution in [3.8, 4) is 11.1 Å². The third kappa shape index (κ3) is 4.40. The first-order valence-corrected chi connectivity index (χ1v) is 11.6. The Bertz CT molecular complexity index is 1450. The van der Waals surface area contributed by atoms with Crippen LogP contribution in [0.25, 0.3) is 22.0 Å². The van der Waals surface area contributed by atoms with Crippen molar-refractivity contribution in [3.05, 3.63) is 82.2 Å². The maximum absolute atomic E-state index is 15.1. The molecule has 4 rings (SSSR count). The molecule has 0 aliphatic rings. The van der Waals surface area contributed by atoms with E-state index in [9.17, 15) is 13.2 Å². The van der Waals surface area contributed by atoms with E-state index >= 15 is 4.39 Å². The number of anilines is 1. The van der Waals surface area contributed by atoms with E-state index in [0.29, 0.717) is 27.2 Å². The fourth-order valence-corrected chi connectivity index (χ4v) is 4.76. The largest absolute Gasteiger partial charge is 0.350 e. The minimum absolute atomic E-state index is 0.0265. The molecular weight excluding hydrogens is 478 g/mol. The van der Waals surface area contributed by atoms with E-state index in [-0.39, 0.29) is 21.9 Å². The van der Waals surface area contributed by atoms with Crippen LogP contribution in [0.15, 0.2) is 60.8 Å². The van der Waals surface area contributed by atoms with Gasteiger partial charge in [0.2, 0.25) is 10.0 Å². The summed E-state index contributed by atoms with van der Waals surface area (Å²) in [5, 5.41) is 4.82. The number of carbonyl (C=O) groups is 1. The average Bonchev–Trinajstić information content (AvgIpc) is 3.17. The van der Waals surface area contributed by atoms with Crippen molar-refractivity contribution in [1.82, 2.24) is 9.78 Å². The summed E-state index contributed by atoms with van der Waals surface area (Å²) in [6.07, 6.45) is 1.35. The number of rotatable bonds is 5. The molecule has 11 heteroatoms. The normalized spacial score (nSPS) is 11.6. The predicted molar refractivity (Wildman–Crippen MR) is 123 cm³/mol. The summed E-state index contributed by atoms with van der Waals surface area (Å²) in [5.74, 6) is -0.958. The third-order valence-corrected chi connectivity index (χ3v) is 6.69. The van der Waals surface area contributed by atoms with Gasteiger partial charge in [0, 0.05) is 16.6 Å². The van der Waals surface area contributed by atoms with Crippen LogP contribution < -0.4 is 10.5 Å². The lowest BCUT2D eigenvalue weighted by atomic mass is 10.0. The zero-order valence-electron chi connectivity index (χ0n) is 16.2. The van der Waals surface area contributed by atoms with Crippen molar-refractivity contribution in [1.29, 1.82) is 0 Å². The molecule has 0 fully saturated rings. The van der Waals surface area contributed by atoms with Crippen LogP contribution in [0.5, 0.6) is 0 Å². The first-order chi connectivity index (χ1) is 15.1. The van der Waals surface area contributed by atoms with Crippen molar-refractivity contribution in [3.63, 3.8) is 0 Å². The average molecular weight is 493 g/mol.